The fourth-order valence-corrected chi connectivity index (χ4v) is 2.47. The van der Waals surface area contributed by atoms with Crippen LogP contribution in [0.3, 0.4) is 0 Å². The zero-order valence-electron chi connectivity index (χ0n) is 12.3. The molecule has 0 aliphatic carbocycles. The number of pyridine rings is 1. The SMILES string of the molecule is CNC(C(=O)Nc1ccc2ccncc2c1)c1ccccc1. The molecule has 0 spiro atoms. The van der Waals surface area contributed by atoms with Crippen molar-refractivity contribution in [3.8, 4) is 0 Å². The van der Waals surface area contributed by atoms with Crippen LogP contribution in [0.25, 0.3) is 10.8 Å². The van der Waals surface area contributed by atoms with E-state index in [1.165, 1.54) is 0 Å². The van der Waals surface area contributed by atoms with Gasteiger partial charge in [-0.2, -0.15) is 0 Å². The highest BCUT2D eigenvalue weighted by atomic mass is 16.2. The molecule has 0 radical (unpaired) electrons. The van der Waals surface area contributed by atoms with Crippen LogP contribution in [0.4, 0.5) is 5.69 Å². The number of carbonyl (C=O) groups excluding carboxylic acids is 1. The molecule has 0 aliphatic rings. The summed E-state index contributed by atoms with van der Waals surface area (Å²) >= 11 is 0. The highest BCUT2D eigenvalue weighted by Crippen LogP contribution is 2.20. The largest absolute Gasteiger partial charge is 0.324 e. The zero-order valence-corrected chi connectivity index (χ0v) is 12.3. The number of benzene rings is 2. The Bertz CT molecular complexity index is 786. The maximum Gasteiger partial charge on any atom is 0.246 e. The summed E-state index contributed by atoms with van der Waals surface area (Å²) in [6.07, 6.45) is 3.55. The molecule has 1 aromatic heterocycles. The van der Waals surface area contributed by atoms with Gasteiger partial charge in [-0.15, -0.1) is 0 Å². The van der Waals surface area contributed by atoms with E-state index in [0.29, 0.717) is 0 Å². The summed E-state index contributed by atoms with van der Waals surface area (Å²) in [4.78, 5) is 16.6. The smallest absolute Gasteiger partial charge is 0.246 e. The molecular weight excluding hydrogens is 274 g/mol. The zero-order chi connectivity index (χ0) is 15.4. The summed E-state index contributed by atoms with van der Waals surface area (Å²) in [5.74, 6) is -0.0862. The first-order chi connectivity index (χ1) is 10.8. The van der Waals surface area contributed by atoms with Crippen molar-refractivity contribution in [3.05, 3.63) is 72.6 Å². The third-order valence-corrected chi connectivity index (χ3v) is 3.59. The maximum absolute atomic E-state index is 12.5. The van der Waals surface area contributed by atoms with E-state index >= 15 is 0 Å². The Morgan fingerprint density at radius 1 is 1.05 bits per heavy atom. The number of carbonyl (C=O) groups is 1. The normalized spacial score (nSPS) is 12.0. The van der Waals surface area contributed by atoms with E-state index in [1.807, 2.05) is 54.6 Å². The number of hydrogen-bond acceptors (Lipinski definition) is 3. The highest BCUT2D eigenvalue weighted by Gasteiger charge is 2.18. The van der Waals surface area contributed by atoms with Crippen molar-refractivity contribution in [2.45, 2.75) is 6.04 Å². The minimum absolute atomic E-state index is 0.0862. The number of aromatic nitrogens is 1. The van der Waals surface area contributed by atoms with Crippen molar-refractivity contribution < 1.29 is 4.79 Å². The van der Waals surface area contributed by atoms with Crippen LogP contribution in [-0.4, -0.2) is 17.9 Å². The average Bonchev–Trinajstić information content (AvgIpc) is 2.56. The third-order valence-electron chi connectivity index (χ3n) is 3.59. The molecule has 2 N–H and O–H groups in total. The molecule has 3 aromatic rings. The Morgan fingerprint density at radius 3 is 2.64 bits per heavy atom. The summed E-state index contributed by atoms with van der Waals surface area (Å²) in [7, 11) is 1.78. The molecule has 0 bridgehead atoms. The summed E-state index contributed by atoms with van der Waals surface area (Å²) in [6.45, 7) is 0. The van der Waals surface area contributed by atoms with Crippen molar-refractivity contribution in [2.24, 2.45) is 0 Å². The first kappa shape index (κ1) is 14.2. The van der Waals surface area contributed by atoms with Gasteiger partial charge in [0, 0.05) is 23.5 Å². The van der Waals surface area contributed by atoms with Gasteiger partial charge in [0.15, 0.2) is 0 Å². The lowest BCUT2D eigenvalue weighted by atomic mass is 10.1. The topological polar surface area (TPSA) is 54.0 Å². The van der Waals surface area contributed by atoms with E-state index in [2.05, 4.69) is 15.6 Å². The van der Waals surface area contributed by atoms with E-state index in [9.17, 15) is 4.79 Å². The van der Waals surface area contributed by atoms with Gasteiger partial charge >= 0.3 is 0 Å². The molecule has 2 aromatic carbocycles. The van der Waals surface area contributed by atoms with Crippen LogP contribution in [0.15, 0.2) is 67.0 Å². The van der Waals surface area contributed by atoms with Crippen LogP contribution < -0.4 is 10.6 Å². The summed E-state index contributed by atoms with van der Waals surface area (Å²) in [5, 5.41) is 8.10. The monoisotopic (exact) mass is 291 g/mol. The molecule has 0 saturated heterocycles. The Hall–Kier alpha value is -2.72. The number of likely N-dealkylation sites (N-methyl/N-ethyl adjacent to an activating group) is 1. The first-order valence-electron chi connectivity index (χ1n) is 7.15. The first-order valence-corrected chi connectivity index (χ1v) is 7.15. The van der Waals surface area contributed by atoms with E-state index in [0.717, 1.165) is 22.0 Å². The molecule has 4 heteroatoms. The average molecular weight is 291 g/mol. The van der Waals surface area contributed by atoms with Crippen LogP contribution in [0, 0.1) is 0 Å². The van der Waals surface area contributed by atoms with Gasteiger partial charge in [-0.1, -0.05) is 36.4 Å². The number of rotatable bonds is 4. The van der Waals surface area contributed by atoms with Crippen LogP contribution in [0.1, 0.15) is 11.6 Å². The number of amides is 1. The van der Waals surface area contributed by atoms with Crippen molar-refractivity contribution in [1.82, 2.24) is 10.3 Å². The Kier molecular flexibility index (Phi) is 4.12. The van der Waals surface area contributed by atoms with E-state index in [4.69, 9.17) is 0 Å². The summed E-state index contributed by atoms with van der Waals surface area (Å²) in [6, 6.07) is 17.0. The number of nitrogens with zero attached hydrogens (tertiary/aromatic N) is 1. The second-order valence-corrected chi connectivity index (χ2v) is 5.06. The Labute approximate surface area is 129 Å². The predicted molar refractivity (Wildman–Crippen MR) is 88.6 cm³/mol. The number of fused-ring (bicyclic) bond motifs is 1. The van der Waals surface area contributed by atoms with Crippen LogP contribution in [0.5, 0.6) is 0 Å². The number of nitrogens with one attached hydrogen (secondary N) is 2. The van der Waals surface area contributed by atoms with Crippen molar-refractivity contribution in [1.29, 1.82) is 0 Å². The lowest BCUT2D eigenvalue weighted by Crippen LogP contribution is -2.30. The molecule has 4 nitrogen and oxygen atoms in total. The molecule has 110 valence electrons. The minimum Gasteiger partial charge on any atom is -0.324 e. The number of anilines is 1. The molecule has 1 atom stereocenters. The predicted octanol–water partition coefficient (Wildman–Crippen LogP) is 3.13. The fraction of sp³-hybridized carbons (Fsp3) is 0.111. The summed E-state index contributed by atoms with van der Waals surface area (Å²) in [5.41, 5.74) is 1.70. The van der Waals surface area contributed by atoms with Gasteiger partial charge in [-0.3, -0.25) is 9.78 Å². The molecule has 22 heavy (non-hydrogen) atoms. The molecule has 3 rings (SSSR count). The Balaban J connectivity index is 1.82. The van der Waals surface area contributed by atoms with Crippen LogP contribution >= 0.6 is 0 Å². The van der Waals surface area contributed by atoms with Crippen molar-refractivity contribution >= 4 is 22.4 Å². The second-order valence-electron chi connectivity index (χ2n) is 5.06. The van der Waals surface area contributed by atoms with Crippen LogP contribution in [-0.2, 0) is 4.79 Å². The van der Waals surface area contributed by atoms with E-state index in [-0.39, 0.29) is 11.9 Å². The second kappa shape index (κ2) is 6.37. The van der Waals surface area contributed by atoms with Gasteiger partial charge in [0.2, 0.25) is 5.91 Å². The highest BCUT2D eigenvalue weighted by molar-refractivity contribution is 5.97. The van der Waals surface area contributed by atoms with Gasteiger partial charge in [-0.25, -0.2) is 0 Å². The quantitative estimate of drug-likeness (QED) is 0.776. The van der Waals surface area contributed by atoms with E-state index < -0.39 is 0 Å². The fourth-order valence-electron chi connectivity index (χ4n) is 2.47. The lowest BCUT2D eigenvalue weighted by molar-refractivity contribution is -0.118. The third kappa shape index (κ3) is 2.97. The Morgan fingerprint density at radius 2 is 1.86 bits per heavy atom. The molecule has 1 unspecified atom stereocenters. The summed E-state index contributed by atoms with van der Waals surface area (Å²) < 4.78 is 0. The number of hydrogen-bond donors (Lipinski definition) is 2. The van der Waals surface area contributed by atoms with Crippen molar-refractivity contribution in [3.63, 3.8) is 0 Å². The molecule has 0 saturated carbocycles. The minimum atomic E-state index is -0.384. The van der Waals surface area contributed by atoms with Crippen molar-refractivity contribution in [2.75, 3.05) is 12.4 Å². The van der Waals surface area contributed by atoms with Gasteiger partial charge in [-0.05, 0) is 36.2 Å². The molecule has 1 heterocycles. The molecular formula is C18H17N3O. The molecule has 0 aliphatic heterocycles. The van der Waals surface area contributed by atoms with Gasteiger partial charge in [0.05, 0.1) is 0 Å². The van der Waals surface area contributed by atoms with Gasteiger partial charge in [0.25, 0.3) is 0 Å². The standard InChI is InChI=1S/C18H17N3O/c1-19-17(14-5-3-2-4-6-14)18(22)21-16-8-7-13-9-10-20-12-15(13)11-16/h2-12,17,19H,1H3,(H,21,22). The van der Waals surface area contributed by atoms with Crippen LogP contribution in [0.2, 0.25) is 0 Å². The molecule has 1 amide bonds. The lowest BCUT2D eigenvalue weighted by Gasteiger charge is -2.16. The van der Waals surface area contributed by atoms with E-state index in [1.54, 1.807) is 19.4 Å². The molecule has 0 fully saturated rings. The van der Waals surface area contributed by atoms with Gasteiger partial charge in [0.1, 0.15) is 6.04 Å². The maximum atomic E-state index is 12.5. The van der Waals surface area contributed by atoms with Gasteiger partial charge < -0.3 is 10.6 Å².